The van der Waals surface area contributed by atoms with Crippen molar-refractivity contribution in [3.63, 3.8) is 0 Å². The Morgan fingerprint density at radius 2 is 1.87 bits per heavy atom. The van der Waals surface area contributed by atoms with Crippen LogP contribution in [-0.4, -0.2) is 65.8 Å². The molecule has 2 atom stereocenters. The number of esters is 1. The van der Waals surface area contributed by atoms with E-state index in [0.717, 1.165) is 0 Å². The number of aliphatic hydroxyl groups is 2. The monoisotopic (exact) mass is 541 g/mol. The first-order chi connectivity index (χ1) is 18.5. The number of carbonyl (C=O) groups excluding carboxylic acids is 1. The van der Waals surface area contributed by atoms with E-state index in [-0.39, 0.29) is 30.6 Å². The molecule has 12 heteroatoms. The normalized spacial score (nSPS) is 13.0. The molecule has 39 heavy (non-hydrogen) atoms. The second-order valence-corrected chi connectivity index (χ2v) is 9.15. The van der Waals surface area contributed by atoms with Crippen LogP contribution in [0.5, 0.6) is 0 Å². The zero-order chi connectivity index (χ0) is 28.7. The van der Waals surface area contributed by atoms with Gasteiger partial charge in [0.25, 0.3) is 0 Å². The molecule has 0 bridgehead atoms. The average molecular weight is 542 g/mol. The summed E-state index contributed by atoms with van der Waals surface area (Å²) >= 11 is 0. The third-order valence-electron chi connectivity index (χ3n) is 5.65. The maximum absolute atomic E-state index is 13.7. The summed E-state index contributed by atoms with van der Waals surface area (Å²) < 4.78 is 20.2. The van der Waals surface area contributed by atoms with Gasteiger partial charge in [-0.3, -0.25) is 9.48 Å². The molecular weight excluding hydrogens is 509 g/mol. The number of aromatic nitrogens is 4. The number of nitrogens with one attached hydrogen (secondary N) is 1. The van der Waals surface area contributed by atoms with E-state index in [1.54, 1.807) is 32.2 Å². The van der Waals surface area contributed by atoms with Crippen LogP contribution in [0.25, 0.3) is 17.3 Å². The lowest BCUT2D eigenvalue weighted by Crippen LogP contribution is -2.19. The third kappa shape index (κ3) is 7.91. The highest BCUT2D eigenvalue weighted by molar-refractivity contribution is 5.88. The standard InChI is InChI=1S/C27H32FN5O6/c1-5-39-26(38)21-14-22(33(4)32-21)29-27-30-24(15(2)3)20(11-10-18(34)12-19(35)13-23(36)37)25(31-27)16-6-8-17(28)9-7-16/h6-11,14-15,18-19,34-35H,5,12-13H2,1-4H3,(H,36,37)(H,29,30,31)/b11-10+/t18-,19-/m1/s1. The van der Waals surface area contributed by atoms with Crippen molar-refractivity contribution in [2.45, 2.75) is 51.7 Å². The number of hydrogen-bond donors (Lipinski definition) is 4. The first-order valence-electron chi connectivity index (χ1n) is 12.4. The van der Waals surface area contributed by atoms with Crippen LogP contribution in [0, 0.1) is 5.82 Å². The molecule has 0 aliphatic rings. The second kappa shape index (κ2) is 13.1. The van der Waals surface area contributed by atoms with Gasteiger partial charge in [0.05, 0.1) is 36.6 Å². The quantitative estimate of drug-likeness (QED) is 0.249. The Bertz CT molecular complexity index is 1340. The summed E-state index contributed by atoms with van der Waals surface area (Å²) in [6, 6.07) is 7.26. The molecule has 0 saturated heterocycles. The van der Waals surface area contributed by atoms with Crippen molar-refractivity contribution >= 4 is 29.8 Å². The second-order valence-electron chi connectivity index (χ2n) is 9.15. The molecule has 0 aliphatic carbocycles. The van der Waals surface area contributed by atoms with Crippen molar-refractivity contribution in [2.75, 3.05) is 11.9 Å². The Morgan fingerprint density at radius 3 is 2.49 bits per heavy atom. The van der Waals surface area contributed by atoms with Gasteiger partial charge < -0.3 is 25.4 Å². The molecule has 1 aromatic carbocycles. The van der Waals surface area contributed by atoms with Gasteiger partial charge in [0, 0.05) is 30.7 Å². The molecule has 4 N–H and O–H groups in total. The van der Waals surface area contributed by atoms with Gasteiger partial charge in [-0.2, -0.15) is 5.10 Å². The molecule has 2 heterocycles. The van der Waals surface area contributed by atoms with E-state index in [0.29, 0.717) is 28.3 Å². The molecule has 0 amide bonds. The summed E-state index contributed by atoms with van der Waals surface area (Å²) in [5, 5.41) is 36.4. The molecule has 11 nitrogen and oxygen atoms in total. The maximum atomic E-state index is 13.7. The number of aliphatic hydroxyl groups excluding tert-OH is 2. The van der Waals surface area contributed by atoms with Crippen LogP contribution in [-0.2, 0) is 16.6 Å². The fraction of sp³-hybridized carbons (Fsp3) is 0.370. The first-order valence-corrected chi connectivity index (χ1v) is 12.4. The lowest BCUT2D eigenvalue weighted by molar-refractivity contribution is -0.139. The molecule has 0 unspecified atom stereocenters. The highest BCUT2D eigenvalue weighted by atomic mass is 19.1. The number of rotatable bonds is 12. The van der Waals surface area contributed by atoms with Crippen molar-refractivity contribution in [1.82, 2.24) is 19.7 Å². The van der Waals surface area contributed by atoms with Gasteiger partial charge in [-0.15, -0.1) is 0 Å². The van der Waals surface area contributed by atoms with E-state index in [4.69, 9.17) is 9.84 Å². The fourth-order valence-corrected chi connectivity index (χ4v) is 3.83. The maximum Gasteiger partial charge on any atom is 0.358 e. The van der Waals surface area contributed by atoms with Gasteiger partial charge in [0.1, 0.15) is 11.6 Å². The van der Waals surface area contributed by atoms with E-state index < -0.39 is 36.4 Å². The molecular formula is C27H32FN5O6. The molecule has 2 aromatic heterocycles. The van der Waals surface area contributed by atoms with E-state index in [1.165, 1.54) is 29.0 Å². The number of ether oxygens (including phenoxy) is 1. The number of nitrogens with zero attached hydrogens (tertiary/aromatic N) is 4. The van der Waals surface area contributed by atoms with E-state index in [1.807, 2.05) is 13.8 Å². The number of halogens is 1. The van der Waals surface area contributed by atoms with Crippen molar-refractivity contribution in [3.8, 4) is 11.3 Å². The highest BCUT2D eigenvalue weighted by Crippen LogP contribution is 2.31. The molecule has 3 aromatic rings. The SMILES string of the molecule is CCOC(=O)c1cc(Nc2nc(-c3ccc(F)cc3)c(/C=C/[C@@H](O)C[C@@H](O)CC(=O)O)c(C(C)C)n2)n(C)n1. The van der Waals surface area contributed by atoms with Crippen LogP contribution in [0.2, 0.25) is 0 Å². The Morgan fingerprint density at radius 1 is 1.18 bits per heavy atom. The van der Waals surface area contributed by atoms with Crippen LogP contribution in [0.1, 0.15) is 61.3 Å². The number of carboxylic acids is 1. The van der Waals surface area contributed by atoms with E-state index in [9.17, 15) is 24.2 Å². The zero-order valence-electron chi connectivity index (χ0n) is 22.1. The van der Waals surface area contributed by atoms with E-state index in [2.05, 4.69) is 20.4 Å². The summed E-state index contributed by atoms with van der Waals surface area (Å²) in [4.78, 5) is 32.3. The van der Waals surface area contributed by atoms with Gasteiger partial charge in [-0.25, -0.2) is 19.2 Å². The Hall–Kier alpha value is -4.16. The number of aliphatic carboxylic acids is 1. The number of hydrogen-bond acceptors (Lipinski definition) is 9. The Balaban J connectivity index is 2.04. The predicted molar refractivity (Wildman–Crippen MR) is 142 cm³/mol. The molecule has 0 spiro atoms. The molecule has 0 radical (unpaired) electrons. The molecule has 0 saturated carbocycles. The summed E-state index contributed by atoms with van der Waals surface area (Å²) in [5.74, 6) is -1.63. The predicted octanol–water partition coefficient (Wildman–Crippen LogP) is 3.66. The largest absolute Gasteiger partial charge is 0.481 e. The smallest absolute Gasteiger partial charge is 0.358 e. The minimum absolute atomic E-state index is 0.108. The van der Waals surface area contributed by atoms with Crippen LogP contribution in [0.4, 0.5) is 16.2 Å². The summed E-state index contributed by atoms with van der Waals surface area (Å²) in [6.45, 7) is 5.76. The Labute approximate surface area is 225 Å². The van der Waals surface area contributed by atoms with Crippen molar-refractivity contribution in [3.05, 3.63) is 59.2 Å². The number of benzene rings is 1. The average Bonchev–Trinajstić information content (AvgIpc) is 3.22. The van der Waals surface area contributed by atoms with Crippen LogP contribution >= 0.6 is 0 Å². The van der Waals surface area contributed by atoms with Gasteiger partial charge in [-0.05, 0) is 37.1 Å². The molecule has 3 rings (SSSR count). The minimum Gasteiger partial charge on any atom is -0.481 e. The third-order valence-corrected chi connectivity index (χ3v) is 5.65. The zero-order valence-corrected chi connectivity index (χ0v) is 22.1. The summed E-state index contributed by atoms with van der Waals surface area (Å²) in [6.07, 6.45) is 0.0355. The van der Waals surface area contributed by atoms with Crippen LogP contribution in [0.3, 0.4) is 0 Å². The topological polar surface area (TPSA) is 160 Å². The fourth-order valence-electron chi connectivity index (χ4n) is 3.83. The summed E-state index contributed by atoms with van der Waals surface area (Å²) in [7, 11) is 1.65. The van der Waals surface area contributed by atoms with Gasteiger partial charge in [0.15, 0.2) is 5.69 Å². The molecule has 0 aliphatic heterocycles. The summed E-state index contributed by atoms with van der Waals surface area (Å²) in [5.41, 5.74) is 2.31. The van der Waals surface area contributed by atoms with Gasteiger partial charge in [0.2, 0.25) is 5.95 Å². The van der Waals surface area contributed by atoms with Crippen molar-refractivity contribution in [1.29, 1.82) is 0 Å². The minimum atomic E-state index is -1.22. The number of aryl methyl sites for hydroxylation is 1. The lowest BCUT2D eigenvalue weighted by Gasteiger charge is -2.17. The van der Waals surface area contributed by atoms with E-state index >= 15 is 0 Å². The number of carboxylic acid groups (broad SMARTS) is 1. The lowest BCUT2D eigenvalue weighted by atomic mass is 9.97. The van der Waals surface area contributed by atoms with Crippen molar-refractivity contribution in [2.24, 2.45) is 7.05 Å². The van der Waals surface area contributed by atoms with Crippen molar-refractivity contribution < 1.29 is 34.0 Å². The molecule has 0 fully saturated rings. The highest BCUT2D eigenvalue weighted by Gasteiger charge is 2.20. The number of anilines is 2. The molecule has 208 valence electrons. The van der Waals surface area contributed by atoms with Crippen LogP contribution in [0.15, 0.2) is 36.4 Å². The number of carbonyl (C=O) groups is 2. The van der Waals surface area contributed by atoms with Gasteiger partial charge in [-0.1, -0.05) is 26.0 Å². The van der Waals surface area contributed by atoms with Gasteiger partial charge >= 0.3 is 11.9 Å². The van der Waals surface area contributed by atoms with Crippen LogP contribution < -0.4 is 5.32 Å². The first kappa shape index (κ1) is 29.4. The Kier molecular flexibility index (Phi) is 9.85.